The summed E-state index contributed by atoms with van der Waals surface area (Å²) >= 11 is 0. The van der Waals surface area contributed by atoms with Crippen molar-refractivity contribution in [2.75, 3.05) is 0 Å². The average molecular weight is 383 g/mol. The lowest BCUT2D eigenvalue weighted by Gasteiger charge is -2.57. The van der Waals surface area contributed by atoms with Crippen LogP contribution >= 0.6 is 0 Å². The summed E-state index contributed by atoms with van der Waals surface area (Å²) in [6.45, 7) is 2.06. The predicted molar refractivity (Wildman–Crippen MR) is 114 cm³/mol. The van der Waals surface area contributed by atoms with Gasteiger partial charge in [0.25, 0.3) is 0 Å². The van der Waals surface area contributed by atoms with Crippen LogP contribution in [0.4, 0.5) is 0 Å². The van der Waals surface area contributed by atoms with Gasteiger partial charge in [-0.25, -0.2) is 9.97 Å². The second-order valence-electron chi connectivity index (χ2n) is 9.89. The molecule has 4 nitrogen and oxygen atoms in total. The zero-order valence-electron chi connectivity index (χ0n) is 16.7. The van der Waals surface area contributed by atoms with Crippen LogP contribution in [0.5, 0.6) is 0 Å². The van der Waals surface area contributed by atoms with E-state index >= 15 is 0 Å². The maximum atomic E-state index is 6.26. The highest BCUT2D eigenvalue weighted by molar-refractivity contribution is 5.88. The highest BCUT2D eigenvalue weighted by atomic mass is 16.3. The molecule has 0 radical (unpaired) electrons. The van der Waals surface area contributed by atoms with Gasteiger partial charge < -0.3 is 9.40 Å². The van der Waals surface area contributed by atoms with Gasteiger partial charge in [-0.1, -0.05) is 12.1 Å². The standard InChI is InChI=1S/C25H25N3O/c1-14-26-20-7-6-18(24-28-19-4-2-3-5-21(19)29-24)22(23(20)27-14)25-11-15-8-16(12-25)10-17(9-15)13-25/h2-7,15-17H,8-13H2,1H3,(H,26,27). The smallest absolute Gasteiger partial charge is 0.227 e. The number of H-pyrrole nitrogens is 1. The first-order valence-electron chi connectivity index (χ1n) is 11.0. The molecule has 0 spiro atoms. The summed E-state index contributed by atoms with van der Waals surface area (Å²) in [5.41, 5.74) is 6.87. The molecule has 0 aliphatic heterocycles. The zero-order valence-corrected chi connectivity index (χ0v) is 16.7. The van der Waals surface area contributed by atoms with Gasteiger partial charge in [0, 0.05) is 5.56 Å². The lowest BCUT2D eigenvalue weighted by molar-refractivity contribution is -0.00437. The molecule has 8 rings (SSSR count). The first-order valence-corrected chi connectivity index (χ1v) is 11.0. The molecule has 2 heterocycles. The lowest BCUT2D eigenvalue weighted by Crippen LogP contribution is -2.48. The molecule has 0 unspecified atom stereocenters. The fraction of sp³-hybridized carbons (Fsp3) is 0.440. The Hall–Kier alpha value is -2.62. The lowest BCUT2D eigenvalue weighted by atomic mass is 9.47. The minimum absolute atomic E-state index is 0.228. The molecule has 4 fully saturated rings. The maximum absolute atomic E-state index is 6.26. The van der Waals surface area contributed by atoms with Crippen LogP contribution < -0.4 is 0 Å². The number of aromatic nitrogens is 3. The maximum Gasteiger partial charge on any atom is 0.227 e. The van der Waals surface area contributed by atoms with Crippen molar-refractivity contribution in [3.63, 3.8) is 0 Å². The number of benzene rings is 2. The van der Waals surface area contributed by atoms with Crippen LogP contribution in [0.1, 0.15) is 49.9 Å². The van der Waals surface area contributed by atoms with E-state index in [9.17, 15) is 0 Å². The third-order valence-corrected chi connectivity index (χ3v) is 7.87. The third kappa shape index (κ3) is 2.26. The number of nitrogens with zero attached hydrogens (tertiary/aromatic N) is 2. The number of imidazole rings is 1. The highest BCUT2D eigenvalue weighted by Crippen LogP contribution is 2.62. The Bertz CT molecular complexity index is 1200. The molecule has 0 saturated heterocycles. The average Bonchev–Trinajstić information content (AvgIpc) is 3.28. The predicted octanol–water partition coefficient (Wildman–Crippen LogP) is 6.15. The van der Waals surface area contributed by atoms with Crippen molar-refractivity contribution in [2.45, 2.75) is 50.9 Å². The van der Waals surface area contributed by atoms with Gasteiger partial charge in [0.05, 0.1) is 11.0 Å². The second-order valence-corrected chi connectivity index (χ2v) is 9.89. The number of hydrogen-bond donors (Lipinski definition) is 1. The summed E-state index contributed by atoms with van der Waals surface area (Å²) in [6.07, 6.45) is 8.22. The van der Waals surface area contributed by atoms with Gasteiger partial charge in [-0.3, -0.25) is 0 Å². The first-order chi connectivity index (χ1) is 14.2. The quantitative estimate of drug-likeness (QED) is 0.452. The molecular formula is C25H25N3O. The normalized spacial score (nSPS) is 30.6. The minimum Gasteiger partial charge on any atom is -0.436 e. The molecule has 1 N–H and O–H groups in total. The van der Waals surface area contributed by atoms with Crippen LogP contribution in [0.25, 0.3) is 33.6 Å². The topological polar surface area (TPSA) is 54.7 Å². The Morgan fingerprint density at radius 3 is 2.38 bits per heavy atom. The summed E-state index contributed by atoms with van der Waals surface area (Å²) in [6, 6.07) is 12.5. The van der Waals surface area contributed by atoms with Crippen molar-refractivity contribution >= 4 is 22.1 Å². The van der Waals surface area contributed by atoms with E-state index in [1.165, 1.54) is 44.1 Å². The van der Waals surface area contributed by atoms with Crippen molar-refractivity contribution in [3.05, 3.63) is 47.8 Å². The molecule has 4 bridgehead atoms. The number of para-hydroxylation sites is 2. The van der Waals surface area contributed by atoms with Gasteiger partial charge in [0.1, 0.15) is 11.3 Å². The van der Waals surface area contributed by atoms with Crippen LogP contribution in [-0.2, 0) is 5.41 Å². The third-order valence-electron chi connectivity index (χ3n) is 7.87. The van der Waals surface area contributed by atoms with Crippen molar-refractivity contribution in [1.29, 1.82) is 0 Å². The number of nitrogens with one attached hydrogen (secondary N) is 1. The molecule has 4 saturated carbocycles. The fourth-order valence-corrected chi connectivity index (χ4v) is 7.32. The van der Waals surface area contributed by atoms with E-state index < -0.39 is 0 Å². The number of hydrogen-bond acceptors (Lipinski definition) is 3. The van der Waals surface area contributed by atoms with Crippen LogP contribution in [0.3, 0.4) is 0 Å². The van der Waals surface area contributed by atoms with Crippen molar-refractivity contribution in [3.8, 4) is 11.5 Å². The van der Waals surface area contributed by atoms with Gasteiger partial charge in [0.15, 0.2) is 5.58 Å². The molecular weight excluding hydrogens is 358 g/mol. The Kier molecular flexibility index (Phi) is 3.07. The van der Waals surface area contributed by atoms with E-state index in [1.54, 1.807) is 0 Å². The molecule has 2 aromatic carbocycles. The SMILES string of the molecule is Cc1nc2c(C34CC5CC(CC(C5)C3)C4)c(-c3nc4ccccc4o3)ccc2[nH]1. The molecule has 4 aromatic rings. The summed E-state index contributed by atoms with van der Waals surface area (Å²) in [5.74, 6) is 4.38. The summed E-state index contributed by atoms with van der Waals surface area (Å²) in [5, 5.41) is 0. The van der Waals surface area contributed by atoms with Gasteiger partial charge in [0.2, 0.25) is 5.89 Å². The fourth-order valence-electron chi connectivity index (χ4n) is 7.32. The van der Waals surface area contributed by atoms with Gasteiger partial charge in [-0.15, -0.1) is 0 Å². The summed E-state index contributed by atoms with van der Waals surface area (Å²) in [4.78, 5) is 13.3. The number of oxazole rings is 1. The van der Waals surface area contributed by atoms with Crippen LogP contribution in [0.2, 0.25) is 0 Å². The number of rotatable bonds is 2. The highest BCUT2D eigenvalue weighted by Gasteiger charge is 2.53. The Morgan fingerprint density at radius 2 is 1.66 bits per heavy atom. The van der Waals surface area contributed by atoms with Crippen LogP contribution in [-0.4, -0.2) is 15.0 Å². The molecule has 4 aliphatic carbocycles. The van der Waals surface area contributed by atoms with Crippen molar-refractivity contribution < 1.29 is 4.42 Å². The monoisotopic (exact) mass is 383 g/mol. The van der Waals surface area contributed by atoms with E-state index in [-0.39, 0.29) is 5.41 Å². The molecule has 0 amide bonds. The summed E-state index contributed by atoms with van der Waals surface area (Å²) in [7, 11) is 0. The minimum atomic E-state index is 0.228. The molecule has 2 aromatic heterocycles. The Morgan fingerprint density at radius 1 is 0.931 bits per heavy atom. The zero-order chi connectivity index (χ0) is 19.2. The molecule has 0 atom stereocenters. The van der Waals surface area contributed by atoms with E-state index in [2.05, 4.69) is 24.0 Å². The number of fused-ring (bicyclic) bond motifs is 2. The summed E-state index contributed by atoms with van der Waals surface area (Å²) < 4.78 is 6.26. The molecule has 4 heteroatoms. The van der Waals surface area contributed by atoms with Gasteiger partial charge in [-0.2, -0.15) is 0 Å². The van der Waals surface area contributed by atoms with E-state index in [0.717, 1.165) is 57.2 Å². The van der Waals surface area contributed by atoms with Crippen LogP contribution in [0.15, 0.2) is 40.8 Å². The Labute approximate surface area is 169 Å². The van der Waals surface area contributed by atoms with Gasteiger partial charge in [-0.05, 0) is 98.4 Å². The van der Waals surface area contributed by atoms with Crippen molar-refractivity contribution in [1.82, 2.24) is 15.0 Å². The Balaban J connectivity index is 1.51. The second kappa shape index (κ2) is 5.50. The first kappa shape index (κ1) is 16.2. The molecule has 146 valence electrons. The molecule has 29 heavy (non-hydrogen) atoms. The number of aryl methyl sites for hydroxylation is 1. The van der Waals surface area contributed by atoms with Crippen LogP contribution in [0, 0.1) is 24.7 Å². The number of aromatic amines is 1. The molecule has 4 aliphatic rings. The van der Waals surface area contributed by atoms with E-state index in [4.69, 9.17) is 14.4 Å². The largest absolute Gasteiger partial charge is 0.436 e. The van der Waals surface area contributed by atoms with E-state index in [1.807, 2.05) is 24.3 Å². The van der Waals surface area contributed by atoms with Crippen molar-refractivity contribution in [2.24, 2.45) is 17.8 Å². The van der Waals surface area contributed by atoms with Gasteiger partial charge >= 0.3 is 0 Å². The van der Waals surface area contributed by atoms with E-state index in [0.29, 0.717) is 0 Å².